The van der Waals surface area contributed by atoms with Crippen LogP contribution >= 0.6 is 31.9 Å². The van der Waals surface area contributed by atoms with Crippen LogP contribution in [0.2, 0.25) is 0 Å². The summed E-state index contributed by atoms with van der Waals surface area (Å²) in [5.74, 6) is 1.59. The van der Waals surface area contributed by atoms with Crippen LogP contribution in [-0.2, 0) is 0 Å². The molecule has 0 atom stereocenters. The molecule has 3 aromatic heterocycles. The van der Waals surface area contributed by atoms with E-state index < -0.39 is 0 Å². The topological polar surface area (TPSA) is 90.7 Å². The average Bonchev–Trinajstić information content (AvgIpc) is 3.45. The van der Waals surface area contributed by atoms with E-state index in [1.807, 2.05) is 54.6 Å². The third kappa shape index (κ3) is 3.81. The predicted octanol–water partition coefficient (Wildman–Crippen LogP) is 6.04. The second-order valence-corrected chi connectivity index (χ2v) is 8.10. The van der Waals surface area contributed by atoms with Gasteiger partial charge in [0.2, 0.25) is 17.7 Å². The summed E-state index contributed by atoms with van der Waals surface area (Å²) in [6.45, 7) is 0. The van der Waals surface area contributed by atoms with E-state index in [0.29, 0.717) is 34.8 Å². The lowest BCUT2D eigenvalue weighted by Crippen LogP contribution is -1.85. The van der Waals surface area contributed by atoms with Crippen molar-refractivity contribution in [2.75, 3.05) is 0 Å². The highest BCUT2D eigenvalue weighted by molar-refractivity contribution is 9.10. The van der Waals surface area contributed by atoms with Crippen molar-refractivity contribution in [2.24, 2.45) is 0 Å². The molecular weight excluding hydrogens is 514 g/mol. The Kier molecular flexibility index (Phi) is 4.97. The Morgan fingerprint density at radius 2 is 0.933 bits per heavy atom. The van der Waals surface area contributed by atoms with Gasteiger partial charge in [-0.05, 0) is 60.7 Å². The van der Waals surface area contributed by atoms with Gasteiger partial charge in [0.15, 0.2) is 0 Å². The van der Waals surface area contributed by atoms with Crippen molar-refractivity contribution in [3.63, 3.8) is 0 Å². The molecule has 0 radical (unpaired) electrons. The molecule has 0 N–H and O–H groups in total. The zero-order valence-electron chi connectivity index (χ0n) is 15.2. The summed E-state index contributed by atoms with van der Waals surface area (Å²) in [7, 11) is 0. The van der Waals surface area contributed by atoms with Gasteiger partial charge < -0.3 is 8.83 Å². The van der Waals surface area contributed by atoms with Crippen LogP contribution in [0.1, 0.15) is 0 Å². The largest absolute Gasteiger partial charge is 0.416 e. The highest BCUT2D eigenvalue weighted by atomic mass is 79.9. The first-order valence-electron chi connectivity index (χ1n) is 8.81. The van der Waals surface area contributed by atoms with Crippen LogP contribution in [0.4, 0.5) is 0 Å². The lowest BCUT2D eigenvalue weighted by Gasteiger charge is -1.97. The fourth-order valence-electron chi connectivity index (χ4n) is 2.73. The minimum Gasteiger partial charge on any atom is -0.416 e. The zero-order chi connectivity index (χ0) is 20.5. The normalized spacial score (nSPS) is 11.0. The van der Waals surface area contributed by atoms with Crippen LogP contribution in [0, 0.1) is 0 Å². The van der Waals surface area contributed by atoms with Crippen molar-refractivity contribution < 1.29 is 8.83 Å². The maximum Gasteiger partial charge on any atom is 0.266 e. The minimum atomic E-state index is 0.334. The van der Waals surface area contributed by atoms with Gasteiger partial charge in [0.1, 0.15) is 5.69 Å². The third-order valence-electron chi connectivity index (χ3n) is 4.26. The van der Waals surface area contributed by atoms with Gasteiger partial charge in [-0.2, -0.15) is 0 Å². The molecule has 5 aromatic rings. The van der Waals surface area contributed by atoms with Crippen LogP contribution in [0.5, 0.6) is 0 Å². The van der Waals surface area contributed by atoms with Crippen LogP contribution in [0.25, 0.3) is 45.9 Å². The molecule has 0 aliphatic rings. The Morgan fingerprint density at radius 1 is 0.500 bits per heavy atom. The number of hydrogen-bond acceptors (Lipinski definition) is 7. The second kappa shape index (κ2) is 7.92. The first-order valence-corrected chi connectivity index (χ1v) is 10.4. The highest BCUT2D eigenvalue weighted by Gasteiger charge is 2.14. The van der Waals surface area contributed by atoms with E-state index in [0.717, 1.165) is 20.1 Å². The van der Waals surface area contributed by atoms with Crippen LogP contribution < -0.4 is 0 Å². The van der Waals surface area contributed by atoms with E-state index in [9.17, 15) is 0 Å². The van der Waals surface area contributed by atoms with Gasteiger partial charge in [0.25, 0.3) is 5.89 Å². The maximum atomic E-state index is 5.78. The molecule has 0 amide bonds. The highest BCUT2D eigenvalue weighted by Crippen LogP contribution is 2.27. The van der Waals surface area contributed by atoms with Crippen LogP contribution in [-0.4, -0.2) is 25.4 Å². The molecular formula is C21H11Br2N5O2. The molecule has 0 fully saturated rings. The average molecular weight is 525 g/mol. The lowest BCUT2D eigenvalue weighted by atomic mass is 10.2. The van der Waals surface area contributed by atoms with E-state index in [1.165, 1.54) is 0 Å². The summed E-state index contributed by atoms with van der Waals surface area (Å²) in [6.07, 6.45) is 1.64. The molecule has 146 valence electrons. The summed E-state index contributed by atoms with van der Waals surface area (Å²) in [6, 6.07) is 18.9. The number of hydrogen-bond donors (Lipinski definition) is 0. The van der Waals surface area contributed by atoms with E-state index in [1.54, 1.807) is 12.3 Å². The van der Waals surface area contributed by atoms with Crippen molar-refractivity contribution in [1.82, 2.24) is 25.4 Å². The number of pyridine rings is 1. The van der Waals surface area contributed by atoms with Gasteiger partial charge in [-0.25, -0.2) is 0 Å². The molecule has 0 aliphatic carbocycles. The van der Waals surface area contributed by atoms with E-state index >= 15 is 0 Å². The molecule has 7 nitrogen and oxygen atoms in total. The summed E-state index contributed by atoms with van der Waals surface area (Å²) >= 11 is 6.82. The van der Waals surface area contributed by atoms with Crippen molar-refractivity contribution in [2.45, 2.75) is 0 Å². The summed E-state index contributed by atoms with van der Waals surface area (Å²) in [5, 5.41) is 16.4. The molecule has 0 saturated carbocycles. The Balaban J connectivity index is 1.37. The van der Waals surface area contributed by atoms with Crippen molar-refractivity contribution in [1.29, 1.82) is 0 Å². The van der Waals surface area contributed by atoms with Gasteiger partial charge in [0.05, 0.1) is 5.56 Å². The molecule has 0 aliphatic heterocycles. The summed E-state index contributed by atoms with van der Waals surface area (Å²) < 4.78 is 13.5. The lowest BCUT2D eigenvalue weighted by molar-refractivity contribution is 0.580. The minimum absolute atomic E-state index is 0.334. The molecule has 0 bridgehead atoms. The first kappa shape index (κ1) is 18.8. The van der Waals surface area contributed by atoms with E-state index in [4.69, 9.17) is 8.83 Å². The molecule has 0 spiro atoms. The molecule has 9 heteroatoms. The molecule has 3 heterocycles. The Labute approximate surface area is 187 Å². The Morgan fingerprint density at radius 3 is 1.43 bits per heavy atom. The fourth-order valence-corrected chi connectivity index (χ4v) is 3.26. The summed E-state index contributed by atoms with van der Waals surface area (Å²) in [4.78, 5) is 4.40. The Hall–Kier alpha value is -3.17. The van der Waals surface area contributed by atoms with Gasteiger partial charge >= 0.3 is 0 Å². The van der Waals surface area contributed by atoms with Gasteiger partial charge in [-0.1, -0.05) is 31.9 Å². The maximum absolute atomic E-state index is 5.78. The predicted molar refractivity (Wildman–Crippen MR) is 117 cm³/mol. The zero-order valence-corrected chi connectivity index (χ0v) is 18.3. The Bertz CT molecular complexity index is 1190. The monoisotopic (exact) mass is 523 g/mol. The van der Waals surface area contributed by atoms with Crippen LogP contribution in [0.3, 0.4) is 0 Å². The molecule has 5 rings (SSSR count). The van der Waals surface area contributed by atoms with Gasteiger partial charge in [-0.15, -0.1) is 20.4 Å². The summed E-state index contributed by atoms with van der Waals surface area (Å²) in [5.41, 5.74) is 2.93. The number of nitrogens with zero attached hydrogens (tertiary/aromatic N) is 5. The molecule has 0 unspecified atom stereocenters. The molecule has 0 saturated heterocycles. The van der Waals surface area contributed by atoms with Crippen molar-refractivity contribution >= 4 is 31.9 Å². The van der Waals surface area contributed by atoms with Crippen molar-refractivity contribution in [3.05, 3.63) is 75.8 Å². The molecule has 30 heavy (non-hydrogen) atoms. The molecule has 2 aromatic carbocycles. The quantitative estimate of drug-likeness (QED) is 0.283. The first-order chi connectivity index (χ1) is 14.7. The van der Waals surface area contributed by atoms with E-state index in [2.05, 4.69) is 57.2 Å². The number of rotatable bonds is 4. The number of aromatic nitrogens is 5. The van der Waals surface area contributed by atoms with Crippen LogP contribution in [0.15, 0.2) is 84.6 Å². The van der Waals surface area contributed by atoms with E-state index in [-0.39, 0.29) is 0 Å². The van der Waals surface area contributed by atoms with Crippen molar-refractivity contribution in [3.8, 4) is 45.9 Å². The van der Waals surface area contributed by atoms with Gasteiger partial charge in [0, 0.05) is 26.3 Å². The number of benzene rings is 2. The smallest absolute Gasteiger partial charge is 0.266 e. The number of halogens is 2. The standard InChI is InChI=1S/C21H11Br2N5O2/c22-15-6-1-12(2-7-15)18-25-27-20(29-18)14-5-10-17(24-11-14)21-28-26-19(30-21)13-3-8-16(23)9-4-13/h1-11H. The van der Waals surface area contributed by atoms with Gasteiger partial charge in [-0.3, -0.25) is 4.98 Å². The second-order valence-electron chi connectivity index (χ2n) is 6.27. The third-order valence-corrected chi connectivity index (χ3v) is 5.32. The SMILES string of the molecule is Brc1ccc(-c2nnc(-c3ccc(-c4nnc(-c5ccc(Br)cc5)o4)nc3)o2)cc1. The fraction of sp³-hybridized carbons (Fsp3) is 0.